The van der Waals surface area contributed by atoms with Crippen LogP contribution in [0.5, 0.6) is 0 Å². The van der Waals surface area contributed by atoms with E-state index in [2.05, 4.69) is 24.8 Å². The van der Waals surface area contributed by atoms with Crippen molar-refractivity contribution in [2.24, 2.45) is 0 Å². The first-order valence-corrected chi connectivity index (χ1v) is 4.48. The molecule has 1 atom stereocenters. The molecule has 0 aliphatic heterocycles. The Labute approximate surface area is 68.8 Å². The lowest BCUT2D eigenvalue weighted by Crippen LogP contribution is -2.35. The van der Waals surface area contributed by atoms with Crippen LogP contribution in [-0.2, 0) is 0 Å². The summed E-state index contributed by atoms with van der Waals surface area (Å²) in [6.07, 6.45) is 3.55. The molecular weight excluding hydrogens is 136 g/mol. The molecule has 1 fully saturated rings. The quantitative estimate of drug-likeness (QED) is 0.614. The third kappa shape index (κ3) is 1.94. The standard InChI is InChI=1S/C9H16N2/c1-3-8(7-10)11(4-2)9-5-6-9/h8-9H,3-6H2,1-2H3. The molecule has 1 aliphatic rings. The number of hydrogen-bond acceptors (Lipinski definition) is 2. The van der Waals surface area contributed by atoms with Crippen LogP contribution in [-0.4, -0.2) is 23.5 Å². The van der Waals surface area contributed by atoms with Gasteiger partial charge in [0.25, 0.3) is 0 Å². The third-order valence-corrected chi connectivity index (χ3v) is 2.32. The molecule has 62 valence electrons. The summed E-state index contributed by atoms with van der Waals surface area (Å²) >= 11 is 0. The van der Waals surface area contributed by atoms with Gasteiger partial charge in [-0.1, -0.05) is 13.8 Å². The van der Waals surface area contributed by atoms with E-state index in [0.29, 0.717) is 0 Å². The van der Waals surface area contributed by atoms with Crippen molar-refractivity contribution in [3.63, 3.8) is 0 Å². The molecule has 0 spiro atoms. The summed E-state index contributed by atoms with van der Waals surface area (Å²) in [5, 5.41) is 8.81. The molecule has 0 amide bonds. The second-order valence-electron chi connectivity index (χ2n) is 3.11. The zero-order valence-electron chi connectivity index (χ0n) is 7.38. The van der Waals surface area contributed by atoms with Crippen molar-refractivity contribution >= 4 is 0 Å². The van der Waals surface area contributed by atoms with E-state index < -0.39 is 0 Å². The summed E-state index contributed by atoms with van der Waals surface area (Å²) in [6, 6.07) is 3.24. The van der Waals surface area contributed by atoms with Crippen LogP contribution < -0.4 is 0 Å². The lowest BCUT2D eigenvalue weighted by molar-refractivity contribution is 0.231. The summed E-state index contributed by atoms with van der Waals surface area (Å²) in [6.45, 7) is 5.24. The maximum atomic E-state index is 8.81. The van der Waals surface area contributed by atoms with Crippen molar-refractivity contribution in [3.05, 3.63) is 0 Å². The van der Waals surface area contributed by atoms with E-state index in [1.807, 2.05) is 0 Å². The summed E-state index contributed by atoms with van der Waals surface area (Å²) in [4.78, 5) is 2.32. The second-order valence-corrected chi connectivity index (χ2v) is 3.11. The van der Waals surface area contributed by atoms with Gasteiger partial charge in [0.05, 0.1) is 12.1 Å². The van der Waals surface area contributed by atoms with Gasteiger partial charge >= 0.3 is 0 Å². The van der Waals surface area contributed by atoms with Gasteiger partial charge < -0.3 is 0 Å². The molecule has 0 aromatic heterocycles. The van der Waals surface area contributed by atoms with Gasteiger partial charge in [-0.2, -0.15) is 5.26 Å². The van der Waals surface area contributed by atoms with E-state index >= 15 is 0 Å². The van der Waals surface area contributed by atoms with Gasteiger partial charge in [-0.05, 0) is 25.8 Å². The van der Waals surface area contributed by atoms with Gasteiger partial charge in [-0.3, -0.25) is 4.90 Å². The van der Waals surface area contributed by atoms with Crippen LogP contribution in [0.25, 0.3) is 0 Å². The Bertz CT molecular complexity index is 155. The van der Waals surface area contributed by atoms with Crippen LogP contribution in [0, 0.1) is 11.3 Å². The summed E-state index contributed by atoms with van der Waals surface area (Å²) < 4.78 is 0. The molecule has 0 N–H and O–H groups in total. The molecule has 2 heteroatoms. The van der Waals surface area contributed by atoms with Crippen molar-refractivity contribution < 1.29 is 0 Å². The molecular formula is C9H16N2. The highest BCUT2D eigenvalue weighted by Gasteiger charge is 2.31. The first-order valence-electron chi connectivity index (χ1n) is 4.48. The number of rotatable bonds is 4. The minimum absolute atomic E-state index is 0.160. The van der Waals surface area contributed by atoms with Crippen molar-refractivity contribution in [3.8, 4) is 6.07 Å². The van der Waals surface area contributed by atoms with Gasteiger partial charge in [0.2, 0.25) is 0 Å². The molecule has 0 aromatic carbocycles. The Balaban J connectivity index is 2.45. The number of hydrogen-bond donors (Lipinski definition) is 0. The first-order chi connectivity index (χ1) is 5.33. The third-order valence-electron chi connectivity index (χ3n) is 2.32. The Morgan fingerprint density at radius 3 is 2.45 bits per heavy atom. The topological polar surface area (TPSA) is 27.0 Å². The zero-order chi connectivity index (χ0) is 8.27. The van der Waals surface area contributed by atoms with E-state index in [1.165, 1.54) is 12.8 Å². The fraction of sp³-hybridized carbons (Fsp3) is 0.889. The minimum atomic E-state index is 0.160. The monoisotopic (exact) mass is 152 g/mol. The van der Waals surface area contributed by atoms with E-state index in [4.69, 9.17) is 5.26 Å². The SMILES string of the molecule is CCC(C#N)N(CC)C1CC1. The second kappa shape index (κ2) is 3.73. The average molecular weight is 152 g/mol. The van der Waals surface area contributed by atoms with E-state index in [0.717, 1.165) is 19.0 Å². The normalized spacial score (nSPS) is 19.8. The fourth-order valence-corrected chi connectivity index (χ4v) is 1.54. The Hall–Kier alpha value is -0.550. The number of nitrogens with zero attached hydrogens (tertiary/aromatic N) is 2. The summed E-state index contributed by atoms with van der Waals surface area (Å²) in [5.41, 5.74) is 0. The molecule has 0 radical (unpaired) electrons. The van der Waals surface area contributed by atoms with Crippen LogP contribution in [0.4, 0.5) is 0 Å². The van der Waals surface area contributed by atoms with Gasteiger partial charge in [0.1, 0.15) is 0 Å². The maximum absolute atomic E-state index is 8.81. The van der Waals surface area contributed by atoms with Crippen molar-refractivity contribution in [1.82, 2.24) is 4.90 Å². The lowest BCUT2D eigenvalue weighted by atomic mass is 10.2. The van der Waals surface area contributed by atoms with Gasteiger partial charge in [0.15, 0.2) is 0 Å². The molecule has 1 aliphatic carbocycles. The molecule has 0 heterocycles. The Morgan fingerprint density at radius 1 is 1.55 bits per heavy atom. The zero-order valence-corrected chi connectivity index (χ0v) is 7.38. The Kier molecular flexibility index (Phi) is 2.90. The predicted molar refractivity (Wildman–Crippen MR) is 45.1 cm³/mol. The van der Waals surface area contributed by atoms with Gasteiger partial charge in [-0.15, -0.1) is 0 Å². The molecule has 11 heavy (non-hydrogen) atoms. The number of nitriles is 1. The van der Waals surface area contributed by atoms with Gasteiger partial charge in [-0.25, -0.2) is 0 Å². The van der Waals surface area contributed by atoms with Crippen LogP contribution in [0.15, 0.2) is 0 Å². The van der Waals surface area contributed by atoms with Crippen molar-refractivity contribution in [1.29, 1.82) is 5.26 Å². The minimum Gasteiger partial charge on any atom is -0.285 e. The highest BCUT2D eigenvalue weighted by Crippen LogP contribution is 2.28. The van der Waals surface area contributed by atoms with Crippen molar-refractivity contribution in [2.45, 2.75) is 45.2 Å². The van der Waals surface area contributed by atoms with E-state index in [1.54, 1.807) is 0 Å². The lowest BCUT2D eigenvalue weighted by Gasteiger charge is -2.23. The van der Waals surface area contributed by atoms with Crippen LogP contribution in [0.2, 0.25) is 0 Å². The molecule has 1 rings (SSSR count). The average Bonchev–Trinajstić information content (AvgIpc) is 2.82. The van der Waals surface area contributed by atoms with Crippen LogP contribution in [0.3, 0.4) is 0 Å². The molecule has 1 unspecified atom stereocenters. The van der Waals surface area contributed by atoms with E-state index in [9.17, 15) is 0 Å². The molecule has 1 saturated carbocycles. The van der Waals surface area contributed by atoms with Crippen LogP contribution >= 0.6 is 0 Å². The molecule has 0 aromatic rings. The van der Waals surface area contributed by atoms with Crippen LogP contribution in [0.1, 0.15) is 33.1 Å². The summed E-state index contributed by atoms with van der Waals surface area (Å²) in [5.74, 6) is 0. The maximum Gasteiger partial charge on any atom is 0.0977 e. The molecule has 0 saturated heterocycles. The highest BCUT2D eigenvalue weighted by atomic mass is 15.2. The molecule has 2 nitrogen and oxygen atoms in total. The predicted octanol–water partition coefficient (Wildman–Crippen LogP) is 1.77. The molecule has 0 bridgehead atoms. The Morgan fingerprint density at radius 2 is 2.18 bits per heavy atom. The fourth-order valence-electron chi connectivity index (χ4n) is 1.54. The van der Waals surface area contributed by atoms with Crippen molar-refractivity contribution in [2.75, 3.05) is 6.54 Å². The van der Waals surface area contributed by atoms with Gasteiger partial charge in [0, 0.05) is 6.04 Å². The van der Waals surface area contributed by atoms with E-state index in [-0.39, 0.29) is 6.04 Å². The highest BCUT2D eigenvalue weighted by molar-refractivity contribution is 4.97. The smallest absolute Gasteiger partial charge is 0.0977 e. The largest absolute Gasteiger partial charge is 0.285 e. The summed E-state index contributed by atoms with van der Waals surface area (Å²) in [7, 11) is 0. The first kappa shape index (κ1) is 8.55.